The average Bonchev–Trinajstić information content (AvgIpc) is 3.03. The van der Waals surface area contributed by atoms with Crippen LogP contribution in [-0.2, 0) is 6.42 Å². The molecule has 0 aliphatic carbocycles. The summed E-state index contributed by atoms with van der Waals surface area (Å²) in [5.74, 6) is 1.02. The number of amides is 1. The first-order chi connectivity index (χ1) is 11.7. The normalized spacial score (nSPS) is 13.1. The lowest BCUT2D eigenvalue weighted by atomic mass is 9.98. The number of benzene rings is 1. The number of aromatic nitrogens is 2. The molecule has 6 heteroatoms. The van der Waals surface area contributed by atoms with Crippen LogP contribution in [0.1, 0.15) is 80.6 Å². The lowest BCUT2D eigenvalue weighted by molar-refractivity contribution is 0.0713. The van der Waals surface area contributed by atoms with Gasteiger partial charge < -0.3 is 14.9 Å². The van der Waals surface area contributed by atoms with Gasteiger partial charge in [-0.15, -0.1) is 0 Å². The summed E-state index contributed by atoms with van der Waals surface area (Å²) in [6.07, 6.45) is 1.44. The van der Waals surface area contributed by atoms with Crippen molar-refractivity contribution in [3.8, 4) is 0 Å². The quantitative estimate of drug-likeness (QED) is 0.803. The molecule has 1 heterocycles. The van der Waals surface area contributed by atoms with Crippen molar-refractivity contribution in [1.82, 2.24) is 15.5 Å². The fraction of sp³-hybridized carbons (Fsp3) is 0.526. The second-order valence-corrected chi connectivity index (χ2v) is 7.35. The molecule has 0 aliphatic rings. The number of hydrogen-bond acceptors (Lipinski definition) is 5. The van der Waals surface area contributed by atoms with E-state index in [0.717, 1.165) is 12.0 Å². The highest BCUT2D eigenvalue weighted by Crippen LogP contribution is 2.17. The molecule has 0 aliphatic heterocycles. The van der Waals surface area contributed by atoms with Crippen LogP contribution in [0.2, 0.25) is 0 Å². The van der Waals surface area contributed by atoms with Gasteiger partial charge in [0.25, 0.3) is 5.91 Å². The predicted molar refractivity (Wildman–Crippen MR) is 95.3 cm³/mol. The van der Waals surface area contributed by atoms with E-state index in [1.165, 1.54) is 0 Å². The van der Waals surface area contributed by atoms with Crippen LogP contribution in [0, 0.1) is 0 Å². The summed E-state index contributed by atoms with van der Waals surface area (Å²) in [4.78, 5) is 16.7. The smallest absolute Gasteiger partial charge is 0.251 e. The fourth-order valence-corrected chi connectivity index (χ4v) is 2.27. The number of nitrogens with one attached hydrogen (secondary N) is 1. The van der Waals surface area contributed by atoms with Crippen LogP contribution in [0.25, 0.3) is 0 Å². The zero-order valence-corrected chi connectivity index (χ0v) is 15.5. The topological polar surface area (TPSA) is 88.2 Å². The summed E-state index contributed by atoms with van der Waals surface area (Å²) in [7, 11) is 0. The Morgan fingerprint density at radius 1 is 1.24 bits per heavy atom. The lowest BCUT2D eigenvalue weighted by Gasteiger charge is -2.16. The predicted octanol–water partition coefficient (Wildman–Crippen LogP) is 3.39. The molecule has 0 spiro atoms. The van der Waals surface area contributed by atoms with Crippen LogP contribution in [0.5, 0.6) is 0 Å². The second-order valence-electron chi connectivity index (χ2n) is 7.35. The number of carbonyl (C=O) groups is 1. The SMILES string of the molecule is CC(C)c1noc([C@@H](C)NC(=O)c2ccc(CCC(C)(C)O)cc2)n1. The number of aryl methyl sites for hydroxylation is 1. The van der Waals surface area contributed by atoms with Gasteiger partial charge in [-0.3, -0.25) is 4.79 Å². The van der Waals surface area contributed by atoms with Gasteiger partial charge in [-0.05, 0) is 51.3 Å². The van der Waals surface area contributed by atoms with E-state index in [9.17, 15) is 9.90 Å². The maximum Gasteiger partial charge on any atom is 0.251 e. The summed E-state index contributed by atoms with van der Waals surface area (Å²) in [6.45, 7) is 9.36. The van der Waals surface area contributed by atoms with E-state index in [4.69, 9.17) is 4.52 Å². The van der Waals surface area contributed by atoms with Crippen LogP contribution in [-0.4, -0.2) is 26.8 Å². The number of aliphatic hydroxyl groups is 1. The molecule has 2 rings (SSSR count). The Hall–Kier alpha value is -2.21. The number of hydrogen-bond donors (Lipinski definition) is 2. The molecule has 0 radical (unpaired) electrons. The maximum absolute atomic E-state index is 12.4. The lowest BCUT2D eigenvalue weighted by Crippen LogP contribution is -2.26. The molecule has 0 bridgehead atoms. The molecule has 1 atom stereocenters. The van der Waals surface area contributed by atoms with Gasteiger partial charge in [0.2, 0.25) is 5.89 Å². The molecule has 1 aromatic heterocycles. The van der Waals surface area contributed by atoms with Gasteiger partial charge in [-0.2, -0.15) is 4.98 Å². The highest BCUT2D eigenvalue weighted by atomic mass is 16.5. The van der Waals surface area contributed by atoms with Gasteiger partial charge in [-0.1, -0.05) is 31.1 Å². The highest BCUT2D eigenvalue weighted by molar-refractivity contribution is 5.94. The molecular weight excluding hydrogens is 318 g/mol. The minimum Gasteiger partial charge on any atom is -0.390 e. The van der Waals surface area contributed by atoms with Gasteiger partial charge in [0.05, 0.1) is 5.60 Å². The van der Waals surface area contributed by atoms with Crippen molar-refractivity contribution >= 4 is 5.91 Å². The minimum atomic E-state index is -0.690. The molecule has 25 heavy (non-hydrogen) atoms. The molecule has 1 amide bonds. The van der Waals surface area contributed by atoms with E-state index in [1.54, 1.807) is 26.0 Å². The summed E-state index contributed by atoms with van der Waals surface area (Å²) in [5.41, 5.74) is 0.970. The van der Waals surface area contributed by atoms with E-state index in [-0.39, 0.29) is 17.9 Å². The van der Waals surface area contributed by atoms with Crippen molar-refractivity contribution in [3.05, 3.63) is 47.1 Å². The molecule has 0 saturated heterocycles. The fourth-order valence-electron chi connectivity index (χ4n) is 2.27. The van der Waals surface area contributed by atoms with Crippen LogP contribution in [0.4, 0.5) is 0 Å². The molecule has 136 valence electrons. The standard InChI is InChI=1S/C19H27N3O3/c1-12(2)16-21-18(25-22-16)13(3)20-17(23)15-8-6-14(7-9-15)10-11-19(4,5)24/h6-9,12-13,24H,10-11H2,1-5H3,(H,20,23)/t13-/m1/s1. The Morgan fingerprint density at radius 3 is 2.40 bits per heavy atom. The molecule has 6 nitrogen and oxygen atoms in total. The Morgan fingerprint density at radius 2 is 1.88 bits per heavy atom. The zero-order chi connectivity index (χ0) is 18.6. The monoisotopic (exact) mass is 345 g/mol. The number of nitrogens with zero attached hydrogens (tertiary/aromatic N) is 2. The molecule has 1 aromatic carbocycles. The van der Waals surface area contributed by atoms with Crippen molar-refractivity contribution in [2.24, 2.45) is 0 Å². The third-order valence-electron chi connectivity index (χ3n) is 3.93. The van der Waals surface area contributed by atoms with Crippen LogP contribution >= 0.6 is 0 Å². The molecule has 2 aromatic rings. The molecule has 0 fully saturated rings. The Balaban J connectivity index is 1.95. The number of rotatable bonds is 7. The first kappa shape index (κ1) is 19.1. The summed E-state index contributed by atoms with van der Waals surface area (Å²) in [6, 6.07) is 7.04. The van der Waals surface area contributed by atoms with Gasteiger partial charge >= 0.3 is 0 Å². The largest absolute Gasteiger partial charge is 0.390 e. The Labute approximate surface area is 148 Å². The van der Waals surface area contributed by atoms with Crippen molar-refractivity contribution in [2.45, 2.75) is 65.0 Å². The van der Waals surface area contributed by atoms with Crippen LogP contribution in [0.3, 0.4) is 0 Å². The summed E-state index contributed by atoms with van der Waals surface area (Å²) >= 11 is 0. The minimum absolute atomic E-state index is 0.178. The molecule has 2 N–H and O–H groups in total. The summed E-state index contributed by atoms with van der Waals surface area (Å²) in [5, 5.41) is 16.6. The molecule has 0 saturated carbocycles. The Kier molecular flexibility index (Phi) is 5.95. The van der Waals surface area contributed by atoms with Crippen LogP contribution in [0.15, 0.2) is 28.8 Å². The molecule has 0 unspecified atom stereocenters. The van der Waals surface area contributed by atoms with E-state index in [0.29, 0.717) is 23.7 Å². The third kappa shape index (κ3) is 5.67. The van der Waals surface area contributed by atoms with Crippen molar-refractivity contribution in [1.29, 1.82) is 0 Å². The highest BCUT2D eigenvalue weighted by Gasteiger charge is 2.18. The van der Waals surface area contributed by atoms with E-state index < -0.39 is 5.60 Å². The Bertz CT molecular complexity index is 699. The van der Waals surface area contributed by atoms with E-state index in [1.807, 2.05) is 32.9 Å². The van der Waals surface area contributed by atoms with Gasteiger partial charge in [0, 0.05) is 11.5 Å². The first-order valence-electron chi connectivity index (χ1n) is 8.61. The van der Waals surface area contributed by atoms with Crippen molar-refractivity contribution < 1.29 is 14.4 Å². The van der Waals surface area contributed by atoms with E-state index >= 15 is 0 Å². The van der Waals surface area contributed by atoms with Gasteiger partial charge in [0.15, 0.2) is 5.82 Å². The second kappa shape index (κ2) is 7.78. The average molecular weight is 345 g/mol. The third-order valence-corrected chi connectivity index (χ3v) is 3.93. The van der Waals surface area contributed by atoms with Crippen molar-refractivity contribution in [3.63, 3.8) is 0 Å². The molecular formula is C19H27N3O3. The zero-order valence-electron chi connectivity index (χ0n) is 15.5. The maximum atomic E-state index is 12.4. The number of carbonyl (C=O) groups excluding carboxylic acids is 1. The van der Waals surface area contributed by atoms with Gasteiger partial charge in [0.1, 0.15) is 6.04 Å². The van der Waals surface area contributed by atoms with E-state index in [2.05, 4.69) is 15.5 Å². The van der Waals surface area contributed by atoms with Crippen LogP contribution < -0.4 is 5.32 Å². The van der Waals surface area contributed by atoms with Gasteiger partial charge in [-0.25, -0.2) is 0 Å². The van der Waals surface area contributed by atoms with Crippen molar-refractivity contribution in [2.75, 3.05) is 0 Å². The first-order valence-corrected chi connectivity index (χ1v) is 8.61. The summed E-state index contributed by atoms with van der Waals surface area (Å²) < 4.78 is 5.21.